The van der Waals surface area contributed by atoms with Crippen LogP contribution in [0.5, 0.6) is 0 Å². The maximum atomic E-state index is 3.63. The summed E-state index contributed by atoms with van der Waals surface area (Å²) >= 11 is 0. The first-order chi connectivity index (χ1) is 8.34. The minimum Gasteiger partial charge on any atom is -0.350 e. The highest BCUT2D eigenvalue weighted by molar-refractivity contribution is 5.83. The molecule has 0 aliphatic carbocycles. The number of aromatic nitrogens is 1. The Morgan fingerprint density at radius 2 is 2.24 bits per heavy atom. The van der Waals surface area contributed by atoms with Crippen LogP contribution in [0.25, 0.3) is 10.9 Å². The molecule has 1 aliphatic rings. The van der Waals surface area contributed by atoms with Crippen LogP contribution in [0.1, 0.15) is 24.8 Å². The molecular formula is C15H20N2. The fourth-order valence-electron chi connectivity index (χ4n) is 2.97. The van der Waals surface area contributed by atoms with Gasteiger partial charge in [-0.25, -0.2) is 0 Å². The van der Waals surface area contributed by atoms with Crippen molar-refractivity contribution in [3.8, 4) is 0 Å². The predicted molar refractivity (Wildman–Crippen MR) is 72.3 cm³/mol. The minimum absolute atomic E-state index is 0.671. The van der Waals surface area contributed by atoms with E-state index in [0.717, 1.165) is 6.42 Å². The molecule has 0 saturated carbocycles. The van der Waals surface area contributed by atoms with Crippen LogP contribution in [0.4, 0.5) is 0 Å². The summed E-state index contributed by atoms with van der Waals surface area (Å²) in [4.78, 5) is 0. The van der Waals surface area contributed by atoms with Crippen molar-refractivity contribution in [2.45, 2.75) is 31.7 Å². The standard InChI is InChI=1S/C15H20N2/c1-17-10-8-12-5-4-6-13(15(12)17)11-14-7-2-3-9-16-14/h4-6,8,10,14,16H,2-3,7,9,11H2,1H3. The van der Waals surface area contributed by atoms with E-state index in [-0.39, 0.29) is 0 Å². The van der Waals surface area contributed by atoms with Crippen molar-refractivity contribution in [1.29, 1.82) is 0 Å². The highest BCUT2D eigenvalue weighted by atomic mass is 14.9. The Bertz CT molecular complexity index is 507. The van der Waals surface area contributed by atoms with Gasteiger partial charge >= 0.3 is 0 Å². The molecule has 0 amide bonds. The Morgan fingerprint density at radius 1 is 1.29 bits per heavy atom. The van der Waals surface area contributed by atoms with Gasteiger partial charge in [-0.05, 0) is 42.8 Å². The third kappa shape index (κ3) is 2.09. The third-order valence-corrected chi connectivity index (χ3v) is 3.86. The highest BCUT2D eigenvalue weighted by Crippen LogP contribution is 2.22. The predicted octanol–water partition coefficient (Wildman–Crippen LogP) is 2.86. The molecule has 2 nitrogen and oxygen atoms in total. The van der Waals surface area contributed by atoms with Crippen molar-refractivity contribution in [3.63, 3.8) is 0 Å². The molecule has 3 rings (SSSR count). The molecule has 1 saturated heterocycles. The number of rotatable bonds is 2. The molecule has 1 fully saturated rings. The summed E-state index contributed by atoms with van der Waals surface area (Å²) in [6.45, 7) is 1.19. The molecule has 17 heavy (non-hydrogen) atoms. The van der Waals surface area contributed by atoms with Gasteiger partial charge in [-0.1, -0.05) is 24.6 Å². The maximum absolute atomic E-state index is 3.63. The smallest absolute Gasteiger partial charge is 0.0510 e. The summed E-state index contributed by atoms with van der Waals surface area (Å²) in [6.07, 6.45) is 7.35. The average Bonchev–Trinajstić information content (AvgIpc) is 2.74. The summed E-state index contributed by atoms with van der Waals surface area (Å²) in [7, 11) is 2.14. The lowest BCUT2D eigenvalue weighted by atomic mass is 9.97. The number of nitrogens with one attached hydrogen (secondary N) is 1. The summed E-state index contributed by atoms with van der Waals surface area (Å²) < 4.78 is 2.24. The Balaban J connectivity index is 1.91. The lowest BCUT2D eigenvalue weighted by Crippen LogP contribution is -2.35. The van der Waals surface area contributed by atoms with Crippen LogP contribution in [-0.2, 0) is 13.5 Å². The molecule has 1 unspecified atom stereocenters. The number of benzene rings is 1. The number of aryl methyl sites for hydroxylation is 1. The first-order valence-electron chi connectivity index (χ1n) is 6.61. The van der Waals surface area contributed by atoms with E-state index in [1.54, 1.807) is 0 Å². The van der Waals surface area contributed by atoms with Crippen molar-refractivity contribution in [2.24, 2.45) is 7.05 Å². The normalized spacial score (nSPS) is 20.9. The first kappa shape index (κ1) is 10.8. The van der Waals surface area contributed by atoms with Crippen molar-refractivity contribution < 1.29 is 0 Å². The van der Waals surface area contributed by atoms with E-state index in [4.69, 9.17) is 0 Å². The number of para-hydroxylation sites is 1. The molecule has 1 atom stereocenters. The maximum Gasteiger partial charge on any atom is 0.0510 e. The molecule has 1 aromatic heterocycles. The van der Waals surface area contributed by atoms with Crippen LogP contribution in [-0.4, -0.2) is 17.2 Å². The second-order valence-corrected chi connectivity index (χ2v) is 5.13. The third-order valence-electron chi connectivity index (χ3n) is 3.86. The van der Waals surface area contributed by atoms with Crippen molar-refractivity contribution in [1.82, 2.24) is 9.88 Å². The molecule has 2 heterocycles. The molecule has 0 spiro atoms. The van der Waals surface area contributed by atoms with E-state index in [1.165, 1.54) is 42.3 Å². The second-order valence-electron chi connectivity index (χ2n) is 5.13. The fraction of sp³-hybridized carbons (Fsp3) is 0.467. The molecule has 0 radical (unpaired) electrons. The Morgan fingerprint density at radius 3 is 3.06 bits per heavy atom. The zero-order valence-electron chi connectivity index (χ0n) is 10.4. The van der Waals surface area contributed by atoms with Crippen LogP contribution in [0.2, 0.25) is 0 Å². The van der Waals surface area contributed by atoms with Gasteiger partial charge in [0.15, 0.2) is 0 Å². The zero-order valence-corrected chi connectivity index (χ0v) is 10.4. The number of piperidine rings is 1. The van der Waals surface area contributed by atoms with E-state index < -0.39 is 0 Å². The topological polar surface area (TPSA) is 17.0 Å². The number of fused-ring (bicyclic) bond motifs is 1. The Kier molecular flexibility index (Phi) is 2.89. The van der Waals surface area contributed by atoms with E-state index in [2.05, 4.69) is 47.4 Å². The van der Waals surface area contributed by atoms with Gasteiger partial charge in [-0.3, -0.25) is 0 Å². The molecular weight excluding hydrogens is 208 g/mol. The molecule has 1 aliphatic heterocycles. The van der Waals surface area contributed by atoms with Gasteiger partial charge < -0.3 is 9.88 Å². The van der Waals surface area contributed by atoms with Crippen LogP contribution in [0.15, 0.2) is 30.5 Å². The van der Waals surface area contributed by atoms with Crippen LogP contribution < -0.4 is 5.32 Å². The van der Waals surface area contributed by atoms with Crippen molar-refractivity contribution in [3.05, 3.63) is 36.0 Å². The molecule has 1 aromatic carbocycles. The number of hydrogen-bond acceptors (Lipinski definition) is 1. The number of nitrogens with zero attached hydrogens (tertiary/aromatic N) is 1. The van der Waals surface area contributed by atoms with Crippen molar-refractivity contribution >= 4 is 10.9 Å². The van der Waals surface area contributed by atoms with Gasteiger partial charge in [0.05, 0.1) is 5.52 Å². The van der Waals surface area contributed by atoms with Crippen LogP contribution in [0.3, 0.4) is 0 Å². The lowest BCUT2D eigenvalue weighted by molar-refractivity contribution is 0.400. The number of hydrogen-bond donors (Lipinski definition) is 1. The van der Waals surface area contributed by atoms with Gasteiger partial charge in [0.1, 0.15) is 0 Å². The summed E-state index contributed by atoms with van der Waals surface area (Å²) in [5.41, 5.74) is 2.88. The Labute approximate surface area is 103 Å². The Hall–Kier alpha value is -1.28. The van der Waals surface area contributed by atoms with E-state index in [9.17, 15) is 0 Å². The second kappa shape index (κ2) is 4.53. The van der Waals surface area contributed by atoms with E-state index in [0.29, 0.717) is 6.04 Å². The van der Waals surface area contributed by atoms with Gasteiger partial charge in [0, 0.05) is 19.3 Å². The summed E-state index contributed by atoms with van der Waals surface area (Å²) in [6, 6.07) is 9.53. The molecule has 2 aromatic rings. The highest BCUT2D eigenvalue weighted by Gasteiger charge is 2.14. The molecule has 1 N–H and O–H groups in total. The van der Waals surface area contributed by atoms with Crippen molar-refractivity contribution in [2.75, 3.05) is 6.54 Å². The van der Waals surface area contributed by atoms with Gasteiger partial charge in [0.2, 0.25) is 0 Å². The average molecular weight is 228 g/mol. The lowest BCUT2D eigenvalue weighted by Gasteiger charge is -2.23. The largest absolute Gasteiger partial charge is 0.350 e. The quantitative estimate of drug-likeness (QED) is 0.836. The zero-order chi connectivity index (χ0) is 11.7. The van der Waals surface area contributed by atoms with Gasteiger partial charge in [-0.2, -0.15) is 0 Å². The minimum atomic E-state index is 0.671. The van der Waals surface area contributed by atoms with E-state index in [1.807, 2.05) is 0 Å². The monoisotopic (exact) mass is 228 g/mol. The summed E-state index contributed by atoms with van der Waals surface area (Å²) in [5.74, 6) is 0. The summed E-state index contributed by atoms with van der Waals surface area (Å²) in [5, 5.41) is 5.00. The van der Waals surface area contributed by atoms with Gasteiger partial charge in [-0.15, -0.1) is 0 Å². The first-order valence-corrected chi connectivity index (χ1v) is 6.61. The fourth-order valence-corrected chi connectivity index (χ4v) is 2.97. The molecule has 90 valence electrons. The van der Waals surface area contributed by atoms with Crippen LogP contribution in [0, 0.1) is 0 Å². The van der Waals surface area contributed by atoms with Gasteiger partial charge in [0.25, 0.3) is 0 Å². The van der Waals surface area contributed by atoms with Crippen LogP contribution >= 0.6 is 0 Å². The van der Waals surface area contributed by atoms with E-state index >= 15 is 0 Å². The SMILES string of the molecule is Cn1ccc2cccc(CC3CCCCN3)c21. The molecule has 0 bridgehead atoms. The molecule has 2 heteroatoms.